The van der Waals surface area contributed by atoms with Crippen LogP contribution in [0.5, 0.6) is 0 Å². The third-order valence-electron chi connectivity index (χ3n) is 5.80. The van der Waals surface area contributed by atoms with Crippen molar-refractivity contribution in [3.8, 4) is 0 Å². The molecule has 3 N–H and O–H groups in total. The maximum absolute atomic E-state index is 14.5. The second-order valence-corrected chi connectivity index (χ2v) is 11.0. The lowest BCUT2D eigenvalue weighted by molar-refractivity contribution is 0.0373. The topological polar surface area (TPSA) is 122 Å². The van der Waals surface area contributed by atoms with E-state index in [1.54, 1.807) is 26.2 Å². The summed E-state index contributed by atoms with van der Waals surface area (Å²) in [5.41, 5.74) is 0.881. The summed E-state index contributed by atoms with van der Waals surface area (Å²) in [6.07, 6.45) is 6.20. The SMILES string of the molecule is CC(C)NS(=O)(=O)c1ccc(Nc2ncc([C@H]3C[C@H](OC(=O)NC4(C)CC4)C3)cn2)c(F)c1. The van der Waals surface area contributed by atoms with Gasteiger partial charge < -0.3 is 15.4 Å². The average Bonchev–Trinajstić information content (AvgIpc) is 3.42. The molecular formula is C22H28FN5O4S. The summed E-state index contributed by atoms with van der Waals surface area (Å²) < 4.78 is 46.7. The highest BCUT2D eigenvalue weighted by Gasteiger charge is 2.41. The standard InChI is InChI=1S/C22H28FN5O4S/c1-13(2)28-33(30,31)17-4-5-19(18(23)10-17)26-20-24-11-15(12-25-20)14-8-16(9-14)32-21(29)27-22(3)6-7-22/h4-5,10-14,16,28H,6-9H2,1-3H3,(H,27,29)(H,24,25,26)/t14-,16-. The van der Waals surface area contributed by atoms with E-state index in [0.717, 1.165) is 24.5 Å². The van der Waals surface area contributed by atoms with Gasteiger partial charge in [-0.1, -0.05) is 0 Å². The van der Waals surface area contributed by atoms with Crippen LogP contribution in [0.15, 0.2) is 35.5 Å². The molecule has 0 aliphatic heterocycles. The molecule has 0 saturated heterocycles. The van der Waals surface area contributed by atoms with Crippen LogP contribution in [-0.4, -0.2) is 42.2 Å². The molecule has 2 aliphatic rings. The van der Waals surface area contributed by atoms with E-state index >= 15 is 0 Å². The van der Waals surface area contributed by atoms with Gasteiger partial charge in [0.1, 0.15) is 11.9 Å². The van der Waals surface area contributed by atoms with Gasteiger partial charge in [0.15, 0.2) is 0 Å². The quantitative estimate of drug-likeness (QED) is 0.531. The van der Waals surface area contributed by atoms with Gasteiger partial charge in [-0.2, -0.15) is 0 Å². The van der Waals surface area contributed by atoms with Crippen LogP contribution in [0.2, 0.25) is 0 Å². The Kier molecular flexibility index (Phi) is 6.28. The van der Waals surface area contributed by atoms with Crippen molar-refractivity contribution in [1.82, 2.24) is 20.0 Å². The van der Waals surface area contributed by atoms with Crippen molar-refractivity contribution >= 4 is 27.8 Å². The summed E-state index contributed by atoms with van der Waals surface area (Å²) in [5, 5.41) is 5.64. The molecule has 0 bridgehead atoms. The van der Waals surface area contributed by atoms with E-state index in [2.05, 4.69) is 25.3 Å². The predicted octanol–water partition coefficient (Wildman–Crippen LogP) is 3.57. The zero-order valence-electron chi connectivity index (χ0n) is 18.8. The highest BCUT2D eigenvalue weighted by Crippen LogP contribution is 2.39. The number of rotatable bonds is 8. The van der Waals surface area contributed by atoms with Crippen LogP contribution < -0.4 is 15.4 Å². The summed E-state index contributed by atoms with van der Waals surface area (Å²) in [4.78, 5) is 20.2. The van der Waals surface area contributed by atoms with E-state index in [9.17, 15) is 17.6 Å². The Morgan fingerprint density at radius 1 is 1.21 bits per heavy atom. The number of hydrogen-bond donors (Lipinski definition) is 3. The van der Waals surface area contributed by atoms with Crippen LogP contribution in [0.4, 0.5) is 20.8 Å². The summed E-state index contributed by atoms with van der Waals surface area (Å²) in [6.45, 7) is 5.37. The minimum Gasteiger partial charge on any atom is -0.446 e. The fraction of sp³-hybridized carbons (Fsp3) is 0.500. The Bertz CT molecular complexity index is 1130. The molecular weight excluding hydrogens is 449 g/mol. The van der Waals surface area contributed by atoms with Gasteiger partial charge in [-0.05, 0) is 76.1 Å². The molecule has 1 amide bonds. The number of alkyl carbamates (subject to hydrolysis) is 1. The van der Waals surface area contributed by atoms with E-state index in [1.807, 2.05) is 6.92 Å². The molecule has 2 saturated carbocycles. The molecule has 178 valence electrons. The van der Waals surface area contributed by atoms with Gasteiger partial charge in [-0.25, -0.2) is 32.3 Å². The monoisotopic (exact) mass is 477 g/mol. The first-order valence-corrected chi connectivity index (χ1v) is 12.4. The molecule has 2 aromatic rings. The van der Waals surface area contributed by atoms with Gasteiger partial charge in [0.05, 0.1) is 10.6 Å². The second-order valence-electron chi connectivity index (χ2n) is 9.26. The van der Waals surface area contributed by atoms with E-state index in [1.165, 1.54) is 12.1 Å². The normalized spacial score (nSPS) is 21.2. The molecule has 1 heterocycles. The van der Waals surface area contributed by atoms with Crippen molar-refractivity contribution in [2.75, 3.05) is 5.32 Å². The number of nitrogens with one attached hydrogen (secondary N) is 3. The molecule has 0 unspecified atom stereocenters. The number of aromatic nitrogens is 2. The summed E-state index contributed by atoms with van der Waals surface area (Å²) in [5.74, 6) is -0.340. The first-order valence-electron chi connectivity index (χ1n) is 10.9. The molecule has 0 spiro atoms. The minimum atomic E-state index is -3.79. The van der Waals surface area contributed by atoms with Crippen LogP contribution in [0, 0.1) is 5.82 Å². The van der Waals surface area contributed by atoms with Crippen molar-refractivity contribution < 1.29 is 22.3 Å². The number of amides is 1. The summed E-state index contributed by atoms with van der Waals surface area (Å²) in [6, 6.07) is 3.31. The molecule has 2 fully saturated rings. The summed E-state index contributed by atoms with van der Waals surface area (Å²) >= 11 is 0. The predicted molar refractivity (Wildman–Crippen MR) is 120 cm³/mol. The Balaban J connectivity index is 1.31. The van der Waals surface area contributed by atoms with Crippen molar-refractivity contribution in [3.63, 3.8) is 0 Å². The number of carbonyl (C=O) groups excluding carboxylic acids is 1. The van der Waals surface area contributed by atoms with Crippen molar-refractivity contribution in [2.24, 2.45) is 0 Å². The third-order valence-corrected chi connectivity index (χ3v) is 7.46. The number of benzene rings is 1. The minimum absolute atomic E-state index is 0.0683. The number of hydrogen-bond acceptors (Lipinski definition) is 7. The Morgan fingerprint density at radius 2 is 1.88 bits per heavy atom. The van der Waals surface area contributed by atoms with E-state index in [-0.39, 0.29) is 46.2 Å². The zero-order chi connectivity index (χ0) is 23.8. The van der Waals surface area contributed by atoms with Crippen LogP contribution in [0.25, 0.3) is 0 Å². The van der Waals surface area contributed by atoms with Crippen LogP contribution in [0.3, 0.4) is 0 Å². The smallest absolute Gasteiger partial charge is 0.407 e. The van der Waals surface area contributed by atoms with Gasteiger partial charge in [0.25, 0.3) is 0 Å². The Hall–Kier alpha value is -2.79. The van der Waals surface area contributed by atoms with E-state index < -0.39 is 15.8 Å². The van der Waals surface area contributed by atoms with Gasteiger partial charge in [-0.3, -0.25) is 0 Å². The molecule has 33 heavy (non-hydrogen) atoms. The fourth-order valence-electron chi connectivity index (χ4n) is 3.55. The Labute approximate surface area is 192 Å². The lowest BCUT2D eigenvalue weighted by Crippen LogP contribution is -2.40. The number of ether oxygens (including phenoxy) is 1. The van der Waals surface area contributed by atoms with Crippen LogP contribution >= 0.6 is 0 Å². The van der Waals surface area contributed by atoms with Gasteiger partial charge in [-0.15, -0.1) is 0 Å². The largest absolute Gasteiger partial charge is 0.446 e. The van der Waals surface area contributed by atoms with Crippen LogP contribution in [-0.2, 0) is 14.8 Å². The highest BCUT2D eigenvalue weighted by atomic mass is 32.2. The van der Waals surface area contributed by atoms with Gasteiger partial charge in [0.2, 0.25) is 16.0 Å². The third kappa shape index (κ3) is 5.77. The number of carbonyl (C=O) groups is 1. The van der Waals surface area contributed by atoms with Crippen molar-refractivity contribution in [2.45, 2.75) is 75.0 Å². The lowest BCUT2D eigenvalue weighted by Gasteiger charge is -2.34. The number of nitrogens with zero attached hydrogens (tertiary/aromatic N) is 2. The second kappa shape index (κ2) is 8.86. The molecule has 11 heteroatoms. The Morgan fingerprint density at radius 3 is 2.45 bits per heavy atom. The first-order chi connectivity index (χ1) is 15.5. The molecule has 4 rings (SSSR count). The summed E-state index contributed by atoms with van der Waals surface area (Å²) in [7, 11) is -3.79. The van der Waals surface area contributed by atoms with Gasteiger partial charge >= 0.3 is 6.09 Å². The first kappa shape index (κ1) is 23.4. The van der Waals surface area contributed by atoms with E-state index in [0.29, 0.717) is 12.8 Å². The van der Waals surface area contributed by atoms with E-state index in [4.69, 9.17) is 4.74 Å². The number of halogens is 1. The van der Waals surface area contributed by atoms with Crippen LogP contribution in [0.1, 0.15) is 57.9 Å². The fourth-order valence-corrected chi connectivity index (χ4v) is 4.81. The van der Waals surface area contributed by atoms with Crippen molar-refractivity contribution in [3.05, 3.63) is 42.0 Å². The van der Waals surface area contributed by atoms with Gasteiger partial charge in [0, 0.05) is 24.0 Å². The molecule has 0 atom stereocenters. The highest BCUT2D eigenvalue weighted by molar-refractivity contribution is 7.89. The molecule has 1 aromatic heterocycles. The average molecular weight is 478 g/mol. The molecule has 2 aliphatic carbocycles. The molecule has 0 radical (unpaired) electrons. The molecule has 1 aromatic carbocycles. The maximum atomic E-state index is 14.5. The lowest BCUT2D eigenvalue weighted by atomic mass is 9.78. The maximum Gasteiger partial charge on any atom is 0.407 e. The molecule has 9 nitrogen and oxygen atoms in total. The zero-order valence-corrected chi connectivity index (χ0v) is 19.6. The van der Waals surface area contributed by atoms with Crippen molar-refractivity contribution in [1.29, 1.82) is 0 Å². The number of sulfonamides is 1. The number of anilines is 2.